The summed E-state index contributed by atoms with van der Waals surface area (Å²) >= 11 is 0. The number of hydrogen-bond acceptors (Lipinski definition) is 1. The molecule has 8 rings (SSSR count). The summed E-state index contributed by atoms with van der Waals surface area (Å²) in [6.45, 7) is 0. The molecule has 0 bridgehead atoms. The smallest absolute Gasteiger partial charge is 0.145 e. The summed E-state index contributed by atoms with van der Waals surface area (Å²) in [5, 5.41) is -0.766. The van der Waals surface area contributed by atoms with Gasteiger partial charge in [-0.2, -0.15) is 0 Å². The first-order valence-corrected chi connectivity index (χ1v) is 12.9. The van der Waals surface area contributed by atoms with Gasteiger partial charge in [-0.05, 0) is 68.1 Å². The fourth-order valence-electron chi connectivity index (χ4n) is 5.38. The minimum absolute atomic E-state index is 0.0678. The highest BCUT2D eigenvalue weighted by Crippen LogP contribution is 2.43. The molecule has 0 N–H and O–H groups in total. The quantitative estimate of drug-likeness (QED) is 0.205. The first kappa shape index (κ1) is 13.7. The van der Waals surface area contributed by atoms with Gasteiger partial charge in [0.15, 0.2) is 0 Å². The minimum atomic E-state index is -0.713. The predicted octanol–water partition coefficient (Wildman–Crippen LogP) is 10.3. The topological polar surface area (TPSA) is 17.8 Å². The molecule has 192 valence electrons. The number of imidazole rings is 1. The third kappa shape index (κ3) is 3.84. The van der Waals surface area contributed by atoms with Crippen molar-refractivity contribution in [1.29, 1.82) is 0 Å². The lowest BCUT2D eigenvalue weighted by molar-refractivity contribution is 1.10. The van der Waals surface area contributed by atoms with Gasteiger partial charge in [-0.3, -0.25) is 4.57 Å². The highest BCUT2D eigenvalue weighted by Gasteiger charge is 2.18. The van der Waals surface area contributed by atoms with Gasteiger partial charge in [0.2, 0.25) is 0 Å². The second kappa shape index (κ2) is 9.62. The Hall–Kier alpha value is -5.47. The zero-order chi connectivity index (χ0) is 38.5. The summed E-state index contributed by atoms with van der Waals surface area (Å²) in [6.07, 6.45) is 0. The molecule has 2 heteroatoms. The second-order valence-electron chi connectivity index (χ2n) is 9.42. The van der Waals surface area contributed by atoms with Crippen molar-refractivity contribution in [2.24, 2.45) is 0 Å². The molecule has 1 aromatic heterocycles. The Morgan fingerprint density at radius 3 is 1.61 bits per heavy atom. The fraction of sp³-hybridized carbons (Fsp3) is 0. The molecule has 1 heterocycles. The number of nitrogens with zero attached hydrogens (tertiary/aromatic N) is 2. The lowest BCUT2D eigenvalue weighted by atomic mass is 9.86. The fourth-order valence-corrected chi connectivity index (χ4v) is 5.38. The summed E-state index contributed by atoms with van der Waals surface area (Å²) in [5.74, 6) is 0.615. The maximum absolute atomic E-state index is 9.16. The van der Waals surface area contributed by atoms with Crippen molar-refractivity contribution < 1.29 is 17.8 Å². The third-order valence-electron chi connectivity index (χ3n) is 7.13. The monoisotopic (exact) mass is 535 g/mol. The van der Waals surface area contributed by atoms with E-state index in [-0.39, 0.29) is 32.7 Å². The number of aromatic nitrogens is 2. The van der Waals surface area contributed by atoms with E-state index < -0.39 is 84.1 Å². The maximum Gasteiger partial charge on any atom is 0.145 e. The van der Waals surface area contributed by atoms with Crippen molar-refractivity contribution in [3.8, 4) is 39.3 Å². The third-order valence-corrected chi connectivity index (χ3v) is 7.13. The van der Waals surface area contributed by atoms with Crippen LogP contribution in [0.2, 0.25) is 0 Å². The lowest BCUT2D eigenvalue weighted by Gasteiger charge is -2.18. The highest BCUT2D eigenvalue weighted by molar-refractivity contribution is 6.21. The number of para-hydroxylation sites is 3. The molecule has 0 amide bonds. The van der Waals surface area contributed by atoms with Gasteiger partial charge in [-0.25, -0.2) is 4.98 Å². The van der Waals surface area contributed by atoms with Gasteiger partial charge in [0.1, 0.15) is 5.82 Å². The maximum atomic E-state index is 9.16. The van der Waals surface area contributed by atoms with Crippen molar-refractivity contribution in [1.82, 2.24) is 9.55 Å². The number of hydrogen-bond donors (Lipinski definition) is 0. The van der Waals surface area contributed by atoms with Crippen LogP contribution in [0.1, 0.15) is 17.8 Å². The molecule has 0 atom stereocenters. The molecular weight excluding hydrogens is 496 g/mol. The lowest BCUT2D eigenvalue weighted by Crippen LogP contribution is -1.97. The Kier molecular flexibility index (Phi) is 3.22. The Balaban J connectivity index is 1.53. The van der Waals surface area contributed by atoms with E-state index in [4.69, 9.17) is 22.8 Å². The molecule has 0 aliphatic heterocycles. The van der Waals surface area contributed by atoms with Crippen LogP contribution in [0.25, 0.3) is 71.9 Å². The minimum Gasteiger partial charge on any atom is -0.292 e. The SMILES string of the molecule is [2H]c1c([2H])c([2H])c(-c2c3c([2H])c([2H])c([2H])c([2H])c3c(-c3ccc(-c4nc5ccccc5n4-c4ccccc4)cc3)c3c([2H])c([2H])c([2H])c([2H])c23)c([2H])c1[2H]. The van der Waals surface area contributed by atoms with E-state index >= 15 is 0 Å². The Bertz CT molecular complexity index is 2790. The van der Waals surface area contributed by atoms with Crippen molar-refractivity contribution in [2.45, 2.75) is 0 Å². The second-order valence-corrected chi connectivity index (χ2v) is 9.42. The number of rotatable bonds is 4. The highest BCUT2D eigenvalue weighted by atomic mass is 15.1. The van der Waals surface area contributed by atoms with E-state index in [0.29, 0.717) is 17.0 Å². The molecule has 0 aliphatic carbocycles. The molecule has 2 nitrogen and oxygen atoms in total. The van der Waals surface area contributed by atoms with Crippen LogP contribution >= 0.6 is 0 Å². The van der Waals surface area contributed by atoms with Crippen LogP contribution in [0.3, 0.4) is 0 Å². The summed E-state index contributed by atoms with van der Waals surface area (Å²) < 4.78 is 116. The van der Waals surface area contributed by atoms with Crippen molar-refractivity contribution in [2.75, 3.05) is 0 Å². The van der Waals surface area contributed by atoms with E-state index in [1.165, 1.54) is 0 Å². The molecule has 0 saturated heterocycles. The molecule has 8 aromatic rings. The average molecular weight is 536 g/mol. The van der Waals surface area contributed by atoms with Crippen LogP contribution in [-0.2, 0) is 0 Å². The molecule has 0 unspecified atom stereocenters. The molecule has 41 heavy (non-hydrogen) atoms. The van der Waals surface area contributed by atoms with Crippen LogP contribution in [0.5, 0.6) is 0 Å². The first-order valence-electron chi connectivity index (χ1n) is 19.4. The van der Waals surface area contributed by atoms with Crippen LogP contribution in [0.15, 0.2) is 157 Å². The largest absolute Gasteiger partial charge is 0.292 e. The summed E-state index contributed by atoms with van der Waals surface area (Å²) in [7, 11) is 0. The number of fused-ring (bicyclic) bond motifs is 3. The van der Waals surface area contributed by atoms with Crippen LogP contribution < -0.4 is 0 Å². The van der Waals surface area contributed by atoms with E-state index in [9.17, 15) is 0 Å². The molecule has 0 fully saturated rings. The van der Waals surface area contributed by atoms with Crippen LogP contribution in [0, 0.1) is 0 Å². The molecule has 7 aromatic carbocycles. The first-order chi connectivity index (χ1) is 25.8. The van der Waals surface area contributed by atoms with Gasteiger partial charge < -0.3 is 0 Å². The molecule has 0 saturated carbocycles. The standard InChI is InChI=1S/C39H26N2/c1-3-13-27(14-4-1)37-31-17-7-9-19-33(31)38(34-20-10-8-18-32(34)37)28-23-25-29(26-24-28)39-40-35-21-11-12-22-36(35)41(39)30-15-5-2-6-16-30/h1-26H/i1D,3D,4D,7D,8D,9D,10D,13D,14D,17D,18D,19D,20D. The summed E-state index contributed by atoms with van der Waals surface area (Å²) in [4.78, 5) is 4.92. The van der Waals surface area contributed by atoms with Crippen molar-refractivity contribution in [3.05, 3.63) is 157 Å². The van der Waals surface area contributed by atoms with Gasteiger partial charge in [0, 0.05) is 11.3 Å². The van der Waals surface area contributed by atoms with Crippen molar-refractivity contribution >= 4 is 32.6 Å². The number of benzene rings is 7. The van der Waals surface area contributed by atoms with E-state index in [1.54, 1.807) is 24.3 Å². The van der Waals surface area contributed by atoms with Gasteiger partial charge >= 0.3 is 0 Å². The van der Waals surface area contributed by atoms with Gasteiger partial charge in [-0.1, -0.05) is 133 Å². The van der Waals surface area contributed by atoms with Gasteiger partial charge in [0.05, 0.1) is 28.9 Å². The molecule has 0 spiro atoms. The molecule has 0 radical (unpaired) electrons. The van der Waals surface area contributed by atoms with Gasteiger partial charge in [-0.15, -0.1) is 0 Å². The molecular formula is C39H26N2. The van der Waals surface area contributed by atoms with Crippen molar-refractivity contribution in [3.63, 3.8) is 0 Å². The van der Waals surface area contributed by atoms with Crippen LogP contribution in [0.4, 0.5) is 0 Å². The van der Waals surface area contributed by atoms with E-state index in [0.717, 1.165) is 16.7 Å². The van der Waals surface area contributed by atoms with Crippen LogP contribution in [-0.4, -0.2) is 9.55 Å². The summed E-state index contributed by atoms with van der Waals surface area (Å²) in [5.41, 5.74) is 2.84. The van der Waals surface area contributed by atoms with E-state index in [1.807, 2.05) is 59.2 Å². The van der Waals surface area contributed by atoms with Gasteiger partial charge in [0.25, 0.3) is 0 Å². The zero-order valence-electron chi connectivity index (χ0n) is 34.4. The Labute approximate surface area is 257 Å². The average Bonchev–Trinajstić information content (AvgIpc) is 3.58. The predicted molar refractivity (Wildman–Crippen MR) is 172 cm³/mol. The van der Waals surface area contributed by atoms with E-state index in [2.05, 4.69) is 0 Å². The zero-order valence-corrected chi connectivity index (χ0v) is 21.4. The summed E-state index contributed by atoms with van der Waals surface area (Å²) in [6, 6.07) is 16.0. The molecule has 0 aliphatic rings. The Morgan fingerprint density at radius 2 is 0.976 bits per heavy atom. The Morgan fingerprint density at radius 1 is 0.463 bits per heavy atom. The normalized spacial score (nSPS) is 15.9.